The third kappa shape index (κ3) is 4.59. The highest BCUT2D eigenvalue weighted by molar-refractivity contribution is 7.89. The molecule has 2 aromatic carbocycles. The summed E-state index contributed by atoms with van der Waals surface area (Å²) in [6.45, 7) is 2.66. The third-order valence-electron chi connectivity index (χ3n) is 3.95. The Bertz CT molecular complexity index is 1240. The minimum absolute atomic E-state index is 0.0291. The molecule has 0 saturated carbocycles. The Balaban J connectivity index is 2.04. The molecule has 146 valence electrons. The molecular weight excluding hydrogens is 418 g/mol. The first-order valence-corrected chi connectivity index (χ1v) is 11.2. The number of thiazole rings is 1. The Morgan fingerprint density at radius 3 is 2.71 bits per heavy atom. The van der Waals surface area contributed by atoms with Gasteiger partial charge in [0.2, 0.25) is 10.0 Å². The molecule has 0 saturated heterocycles. The number of halogens is 1. The first-order chi connectivity index (χ1) is 13.3. The van der Waals surface area contributed by atoms with Gasteiger partial charge in [-0.2, -0.15) is 4.99 Å². The van der Waals surface area contributed by atoms with Crippen LogP contribution in [0.3, 0.4) is 0 Å². The van der Waals surface area contributed by atoms with Crippen LogP contribution in [0.5, 0.6) is 0 Å². The number of hydrogen-bond acceptors (Lipinski definition) is 4. The standard InChI is InChI=1S/C19H18ClN3O3S2/c1-2-11-23-16-9-8-14(28(21,25)26)12-17(16)27-19(23)22-18(24)10-7-13-5-3-4-6-15(13)20/h3-10,12H,2,11H2,1H3,(H2,21,25,26). The number of nitrogens with two attached hydrogens (primary N) is 1. The van der Waals surface area contributed by atoms with Gasteiger partial charge in [-0.15, -0.1) is 0 Å². The normalized spacial score (nSPS) is 12.9. The minimum atomic E-state index is -3.80. The van der Waals surface area contributed by atoms with E-state index in [0.717, 1.165) is 17.5 Å². The lowest BCUT2D eigenvalue weighted by Crippen LogP contribution is -2.16. The van der Waals surface area contributed by atoms with E-state index in [1.54, 1.807) is 24.3 Å². The van der Waals surface area contributed by atoms with Crippen LogP contribution in [0.2, 0.25) is 5.02 Å². The number of carbonyl (C=O) groups is 1. The molecule has 0 unspecified atom stereocenters. The van der Waals surface area contributed by atoms with E-state index in [2.05, 4.69) is 4.99 Å². The van der Waals surface area contributed by atoms with Crippen LogP contribution in [0.4, 0.5) is 0 Å². The number of aryl methyl sites for hydroxylation is 1. The fourth-order valence-corrected chi connectivity index (χ4v) is 4.57. The van der Waals surface area contributed by atoms with Crippen molar-refractivity contribution in [2.75, 3.05) is 0 Å². The first kappa shape index (κ1) is 20.5. The maximum absolute atomic E-state index is 12.3. The van der Waals surface area contributed by atoms with Gasteiger partial charge in [-0.05, 0) is 42.3 Å². The molecule has 1 amide bonds. The molecule has 0 bridgehead atoms. The molecule has 0 aliphatic carbocycles. The lowest BCUT2D eigenvalue weighted by atomic mass is 10.2. The number of benzene rings is 2. The second-order valence-electron chi connectivity index (χ2n) is 6.02. The number of aromatic nitrogens is 1. The molecule has 0 aliphatic heterocycles. The van der Waals surface area contributed by atoms with Crippen LogP contribution in [-0.2, 0) is 21.4 Å². The molecule has 28 heavy (non-hydrogen) atoms. The number of amides is 1. The summed E-state index contributed by atoms with van der Waals surface area (Å²) in [5.74, 6) is -0.428. The van der Waals surface area contributed by atoms with Gasteiger partial charge >= 0.3 is 0 Å². The highest BCUT2D eigenvalue weighted by Crippen LogP contribution is 2.21. The van der Waals surface area contributed by atoms with E-state index in [1.807, 2.05) is 23.6 Å². The van der Waals surface area contributed by atoms with Crippen LogP contribution in [0, 0.1) is 0 Å². The van der Waals surface area contributed by atoms with Gasteiger partial charge in [0.05, 0.1) is 15.1 Å². The predicted molar refractivity (Wildman–Crippen MR) is 113 cm³/mol. The molecule has 1 heterocycles. The van der Waals surface area contributed by atoms with Crippen LogP contribution in [-0.4, -0.2) is 18.9 Å². The fraction of sp³-hybridized carbons (Fsp3) is 0.158. The van der Waals surface area contributed by atoms with Gasteiger partial charge in [-0.3, -0.25) is 4.79 Å². The molecule has 0 radical (unpaired) electrons. The zero-order chi connectivity index (χ0) is 20.3. The fourth-order valence-electron chi connectivity index (χ4n) is 2.66. The zero-order valence-corrected chi connectivity index (χ0v) is 17.4. The largest absolute Gasteiger partial charge is 0.316 e. The van der Waals surface area contributed by atoms with E-state index in [9.17, 15) is 13.2 Å². The number of sulfonamides is 1. The van der Waals surface area contributed by atoms with Crippen LogP contribution in [0.1, 0.15) is 18.9 Å². The molecule has 3 rings (SSSR count). The van der Waals surface area contributed by atoms with E-state index in [-0.39, 0.29) is 4.90 Å². The SMILES string of the molecule is CCCn1c(=NC(=O)C=Cc2ccccc2Cl)sc2cc(S(N)(=O)=O)ccc21. The van der Waals surface area contributed by atoms with Gasteiger partial charge < -0.3 is 4.57 Å². The summed E-state index contributed by atoms with van der Waals surface area (Å²) in [7, 11) is -3.80. The number of carbonyl (C=O) groups excluding carboxylic acids is 1. The molecule has 9 heteroatoms. The Hall–Kier alpha value is -2.26. The molecule has 0 atom stereocenters. The average molecular weight is 436 g/mol. The van der Waals surface area contributed by atoms with Gasteiger partial charge in [0.25, 0.3) is 5.91 Å². The average Bonchev–Trinajstić information content (AvgIpc) is 2.97. The molecule has 0 fully saturated rings. The molecular formula is C19H18ClN3O3S2. The van der Waals surface area contributed by atoms with E-state index in [1.165, 1.54) is 29.5 Å². The van der Waals surface area contributed by atoms with Crippen molar-refractivity contribution in [1.29, 1.82) is 0 Å². The smallest absolute Gasteiger partial charge is 0.272 e. The summed E-state index contributed by atoms with van der Waals surface area (Å²) >= 11 is 7.33. The lowest BCUT2D eigenvalue weighted by molar-refractivity contribution is -0.113. The summed E-state index contributed by atoms with van der Waals surface area (Å²) in [5, 5.41) is 5.76. The van der Waals surface area contributed by atoms with Gasteiger partial charge in [0, 0.05) is 17.6 Å². The first-order valence-electron chi connectivity index (χ1n) is 8.47. The lowest BCUT2D eigenvalue weighted by Gasteiger charge is -2.03. The molecule has 1 aromatic heterocycles. The number of nitrogens with zero attached hydrogens (tertiary/aromatic N) is 2. The monoisotopic (exact) mass is 435 g/mol. The Morgan fingerprint density at radius 1 is 1.29 bits per heavy atom. The highest BCUT2D eigenvalue weighted by Gasteiger charge is 2.12. The zero-order valence-electron chi connectivity index (χ0n) is 15.0. The van der Waals surface area contributed by atoms with Crippen molar-refractivity contribution in [3.8, 4) is 0 Å². The Labute approximate surface area is 171 Å². The van der Waals surface area contributed by atoms with Gasteiger partial charge in [-0.1, -0.05) is 48.1 Å². The van der Waals surface area contributed by atoms with Gasteiger partial charge in [0.1, 0.15) is 0 Å². The molecule has 0 aliphatic rings. The van der Waals surface area contributed by atoms with E-state index in [0.29, 0.717) is 21.1 Å². The second kappa shape index (κ2) is 8.40. The van der Waals surface area contributed by atoms with Crippen molar-refractivity contribution in [3.63, 3.8) is 0 Å². The summed E-state index contributed by atoms with van der Waals surface area (Å²) in [4.78, 5) is 17.0. The topological polar surface area (TPSA) is 94.5 Å². The van der Waals surface area contributed by atoms with Crippen molar-refractivity contribution in [2.45, 2.75) is 24.8 Å². The predicted octanol–water partition coefficient (Wildman–Crippen LogP) is 3.55. The summed E-state index contributed by atoms with van der Waals surface area (Å²) in [6.07, 6.45) is 3.81. The van der Waals surface area contributed by atoms with Crippen molar-refractivity contribution in [1.82, 2.24) is 4.57 Å². The number of primary sulfonamides is 1. The quantitative estimate of drug-likeness (QED) is 0.621. The Kier molecular flexibility index (Phi) is 6.14. The molecule has 2 N–H and O–H groups in total. The highest BCUT2D eigenvalue weighted by atomic mass is 35.5. The minimum Gasteiger partial charge on any atom is -0.316 e. The maximum atomic E-state index is 12.3. The second-order valence-corrected chi connectivity index (χ2v) is 8.99. The summed E-state index contributed by atoms with van der Waals surface area (Å²) in [5.41, 5.74) is 1.53. The van der Waals surface area contributed by atoms with Gasteiger partial charge in [-0.25, -0.2) is 13.6 Å². The van der Waals surface area contributed by atoms with Crippen molar-refractivity contribution < 1.29 is 13.2 Å². The van der Waals surface area contributed by atoms with Gasteiger partial charge in [0.15, 0.2) is 4.80 Å². The van der Waals surface area contributed by atoms with E-state index < -0.39 is 15.9 Å². The van der Waals surface area contributed by atoms with Crippen LogP contribution in [0.25, 0.3) is 16.3 Å². The summed E-state index contributed by atoms with van der Waals surface area (Å²) < 4.78 is 25.8. The maximum Gasteiger partial charge on any atom is 0.272 e. The number of rotatable bonds is 5. The van der Waals surface area contributed by atoms with Crippen molar-refractivity contribution in [2.24, 2.45) is 10.1 Å². The van der Waals surface area contributed by atoms with Crippen molar-refractivity contribution in [3.05, 3.63) is 63.9 Å². The van der Waals surface area contributed by atoms with Crippen molar-refractivity contribution >= 4 is 55.2 Å². The number of hydrogen-bond donors (Lipinski definition) is 1. The van der Waals surface area contributed by atoms with Crippen LogP contribution in [0.15, 0.2) is 58.4 Å². The molecule has 0 spiro atoms. The third-order valence-corrected chi connectivity index (χ3v) is 6.24. The molecule has 3 aromatic rings. The van der Waals surface area contributed by atoms with E-state index in [4.69, 9.17) is 16.7 Å². The molecule has 6 nitrogen and oxygen atoms in total. The Morgan fingerprint density at radius 2 is 2.04 bits per heavy atom. The van der Waals surface area contributed by atoms with E-state index >= 15 is 0 Å². The summed E-state index contributed by atoms with van der Waals surface area (Å²) in [6, 6.07) is 11.8. The number of fused-ring (bicyclic) bond motifs is 1. The van der Waals surface area contributed by atoms with Crippen LogP contribution >= 0.6 is 22.9 Å². The van der Waals surface area contributed by atoms with Crippen LogP contribution < -0.4 is 9.94 Å².